The largest absolute Gasteiger partial charge is 0.478 e. The first-order chi connectivity index (χ1) is 6.45. The number of rotatable bonds is 2. The van der Waals surface area contributed by atoms with Crippen molar-refractivity contribution in [2.75, 3.05) is 0 Å². The van der Waals surface area contributed by atoms with Crippen molar-refractivity contribution in [2.45, 2.75) is 6.92 Å². The first-order valence-corrected chi connectivity index (χ1v) is 3.99. The molecule has 14 heavy (non-hydrogen) atoms. The van der Waals surface area contributed by atoms with Gasteiger partial charge in [0.25, 0.3) is 5.69 Å². The predicted octanol–water partition coefficient (Wildman–Crippen LogP) is 2.25. The van der Waals surface area contributed by atoms with E-state index in [1.807, 2.05) is 0 Å². The van der Waals surface area contributed by atoms with Crippen LogP contribution in [-0.4, -0.2) is 16.0 Å². The van der Waals surface area contributed by atoms with E-state index in [4.69, 9.17) is 16.7 Å². The summed E-state index contributed by atoms with van der Waals surface area (Å²) in [7, 11) is 0. The van der Waals surface area contributed by atoms with E-state index in [-0.39, 0.29) is 21.8 Å². The van der Waals surface area contributed by atoms with Gasteiger partial charge in [0.2, 0.25) is 0 Å². The van der Waals surface area contributed by atoms with E-state index in [9.17, 15) is 14.9 Å². The Morgan fingerprint density at radius 2 is 2.14 bits per heavy atom. The second-order valence-electron chi connectivity index (χ2n) is 2.63. The number of hydrogen-bond donors (Lipinski definition) is 1. The number of nitrogens with zero attached hydrogens (tertiary/aromatic N) is 1. The molecule has 0 saturated heterocycles. The molecule has 0 bridgehead atoms. The van der Waals surface area contributed by atoms with E-state index in [0.29, 0.717) is 0 Å². The standard InChI is InChI=1S/C8H6ClNO4/c1-4-6(10(13)14)3-2-5(9)7(4)8(11)12/h2-3H,1H3,(H,11,12). The highest BCUT2D eigenvalue weighted by Crippen LogP contribution is 2.27. The third-order valence-electron chi connectivity index (χ3n) is 1.80. The lowest BCUT2D eigenvalue weighted by atomic mass is 10.1. The van der Waals surface area contributed by atoms with Gasteiger partial charge in [0, 0.05) is 11.6 Å². The van der Waals surface area contributed by atoms with Gasteiger partial charge in [0.05, 0.1) is 15.5 Å². The minimum absolute atomic E-state index is 0.000556. The Bertz CT molecular complexity index is 416. The fourth-order valence-electron chi connectivity index (χ4n) is 1.13. The molecule has 0 unspecified atom stereocenters. The molecule has 0 saturated carbocycles. The van der Waals surface area contributed by atoms with Gasteiger partial charge in [-0.25, -0.2) is 4.79 Å². The van der Waals surface area contributed by atoms with Gasteiger partial charge >= 0.3 is 5.97 Å². The van der Waals surface area contributed by atoms with Crippen LogP contribution in [0.25, 0.3) is 0 Å². The maximum absolute atomic E-state index is 10.7. The van der Waals surface area contributed by atoms with Crippen molar-refractivity contribution >= 4 is 23.3 Å². The van der Waals surface area contributed by atoms with E-state index in [1.165, 1.54) is 19.1 Å². The molecule has 1 aromatic carbocycles. The van der Waals surface area contributed by atoms with Crippen LogP contribution in [0.3, 0.4) is 0 Å². The van der Waals surface area contributed by atoms with Gasteiger partial charge < -0.3 is 5.11 Å². The molecule has 5 nitrogen and oxygen atoms in total. The van der Waals surface area contributed by atoms with E-state index < -0.39 is 10.9 Å². The summed E-state index contributed by atoms with van der Waals surface area (Å²) < 4.78 is 0. The smallest absolute Gasteiger partial charge is 0.337 e. The van der Waals surface area contributed by atoms with Crippen LogP contribution < -0.4 is 0 Å². The maximum Gasteiger partial charge on any atom is 0.337 e. The number of benzene rings is 1. The highest BCUT2D eigenvalue weighted by Gasteiger charge is 2.20. The molecule has 0 aliphatic carbocycles. The minimum atomic E-state index is -1.27. The Morgan fingerprint density at radius 3 is 2.57 bits per heavy atom. The number of carboxylic acids is 1. The van der Waals surface area contributed by atoms with Gasteiger partial charge in [-0.05, 0) is 13.0 Å². The van der Waals surface area contributed by atoms with Crippen LogP contribution in [-0.2, 0) is 0 Å². The van der Waals surface area contributed by atoms with Gasteiger partial charge in [-0.3, -0.25) is 10.1 Å². The molecular formula is C8H6ClNO4. The highest BCUT2D eigenvalue weighted by molar-refractivity contribution is 6.33. The summed E-state index contributed by atoms with van der Waals surface area (Å²) in [6.45, 7) is 1.35. The minimum Gasteiger partial charge on any atom is -0.478 e. The summed E-state index contributed by atoms with van der Waals surface area (Å²) in [5.74, 6) is -1.27. The molecule has 0 radical (unpaired) electrons. The van der Waals surface area contributed by atoms with E-state index >= 15 is 0 Å². The van der Waals surface area contributed by atoms with Crippen molar-refractivity contribution in [3.05, 3.63) is 38.4 Å². The second kappa shape index (κ2) is 3.63. The fourth-order valence-corrected chi connectivity index (χ4v) is 1.41. The number of carboxylic acid groups (broad SMARTS) is 1. The lowest BCUT2D eigenvalue weighted by molar-refractivity contribution is -0.385. The van der Waals surface area contributed by atoms with Gasteiger partial charge in [-0.15, -0.1) is 0 Å². The average molecular weight is 216 g/mol. The van der Waals surface area contributed by atoms with E-state index in [0.717, 1.165) is 0 Å². The Morgan fingerprint density at radius 1 is 1.57 bits per heavy atom. The zero-order valence-electron chi connectivity index (χ0n) is 7.15. The summed E-state index contributed by atoms with van der Waals surface area (Å²) in [6.07, 6.45) is 0. The van der Waals surface area contributed by atoms with Crippen molar-refractivity contribution in [1.29, 1.82) is 0 Å². The summed E-state index contributed by atoms with van der Waals surface area (Å²) in [5, 5.41) is 19.2. The molecule has 0 spiro atoms. The van der Waals surface area contributed by atoms with E-state index in [1.54, 1.807) is 0 Å². The molecule has 0 aliphatic rings. The molecule has 0 heterocycles. The van der Waals surface area contributed by atoms with Gasteiger partial charge in [-0.2, -0.15) is 0 Å². The first kappa shape index (κ1) is 10.5. The highest BCUT2D eigenvalue weighted by atomic mass is 35.5. The summed E-state index contributed by atoms with van der Waals surface area (Å²) in [6, 6.07) is 2.39. The van der Waals surface area contributed by atoms with Crippen LogP contribution in [0.1, 0.15) is 15.9 Å². The molecule has 0 aromatic heterocycles. The molecule has 6 heteroatoms. The van der Waals surface area contributed by atoms with Crippen LogP contribution in [0.5, 0.6) is 0 Å². The average Bonchev–Trinajstić information content (AvgIpc) is 2.02. The molecule has 0 amide bonds. The van der Waals surface area contributed by atoms with Crippen molar-refractivity contribution in [3.8, 4) is 0 Å². The van der Waals surface area contributed by atoms with Crippen molar-refractivity contribution in [1.82, 2.24) is 0 Å². The molecule has 0 aliphatic heterocycles. The number of nitro benzene ring substituents is 1. The zero-order chi connectivity index (χ0) is 10.9. The second-order valence-corrected chi connectivity index (χ2v) is 3.04. The lowest BCUT2D eigenvalue weighted by Crippen LogP contribution is -2.03. The Hall–Kier alpha value is -1.62. The van der Waals surface area contributed by atoms with Crippen LogP contribution in [0.4, 0.5) is 5.69 Å². The van der Waals surface area contributed by atoms with Crippen molar-refractivity contribution in [3.63, 3.8) is 0 Å². The third kappa shape index (κ3) is 1.67. The molecule has 1 rings (SSSR count). The van der Waals surface area contributed by atoms with Crippen LogP contribution in [0, 0.1) is 17.0 Å². The lowest BCUT2D eigenvalue weighted by Gasteiger charge is -2.03. The number of nitro groups is 1. The third-order valence-corrected chi connectivity index (χ3v) is 2.11. The van der Waals surface area contributed by atoms with Crippen LogP contribution >= 0.6 is 11.6 Å². The molecule has 0 fully saturated rings. The number of aromatic carboxylic acids is 1. The molecular weight excluding hydrogens is 210 g/mol. The summed E-state index contributed by atoms with van der Waals surface area (Å²) in [5.41, 5.74) is -0.400. The van der Waals surface area contributed by atoms with Crippen molar-refractivity contribution in [2.24, 2.45) is 0 Å². The normalized spacial score (nSPS) is 9.86. The quantitative estimate of drug-likeness (QED) is 0.606. The predicted molar refractivity (Wildman–Crippen MR) is 49.8 cm³/mol. The van der Waals surface area contributed by atoms with Crippen LogP contribution in [0.15, 0.2) is 12.1 Å². The van der Waals surface area contributed by atoms with Crippen molar-refractivity contribution < 1.29 is 14.8 Å². The topological polar surface area (TPSA) is 80.4 Å². The van der Waals surface area contributed by atoms with Gasteiger partial charge in [0.1, 0.15) is 0 Å². The summed E-state index contributed by atoms with van der Waals surface area (Å²) >= 11 is 5.60. The Kier molecular flexibility index (Phi) is 2.71. The monoisotopic (exact) mass is 215 g/mol. The maximum atomic E-state index is 10.7. The van der Waals surface area contributed by atoms with Gasteiger partial charge in [-0.1, -0.05) is 11.6 Å². The molecule has 1 N–H and O–H groups in total. The fraction of sp³-hybridized carbons (Fsp3) is 0.125. The molecule has 74 valence electrons. The number of halogens is 1. The summed E-state index contributed by atoms with van der Waals surface area (Å²) in [4.78, 5) is 20.5. The van der Waals surface area contributed by atoms with E-state index in [2.05, 4.69) is 0 Å². The number of carbonyl (C=O) groups is 1. The number of hydrogen-bond acceptors (Lipinski definition) is 3. The molecule has 1 aromatic rings. The molecule has 0 atom stereocenters. The Labute approximate surface area is 84.1 Å². The SMILES string of the molecule is Cc1c([N+](=O)[O-])ccc(Cl)c1C(=O)O. The van der Waals surface area contributed by atoms with Gasteiger partial charge in [0.15, 0.2) is 0 Å². The Balaban J connectivity index is 3.49. The zero-order valence-corrected chi connectivity index (χ0v) is 7.91. The first-order valence-electron chi connectivity index (χ1n) is 3.62. The van der Waals surface area contributed by atoms with Crippen LogP contribution in [0.2, 0.25) is 5.02 Å².